The lowest BCUT2D eigenvalue weighted by Crippen LogP contribution is -2.21. The summed E-state index contributed by atoms with van der Waals surface area (Å²) in [4.78, 5) is 0. The van der Waals surface area contributed by atoms with E-state index in [4.69, 9.17) is 4.74 Å². The second-order valence-corrected chi connectivity index (χ2v) is 9.21. The highest BCUT2D eigenvalue weighted by Crippen LogP contribution is 2.43. The van der Waals surface area contributed by atoms with Crippen molar-refractivity contribution in [1.82, 2.24) is 0 Å². The summed E-state index contributed by atoms with van der Waals surface area (Å²) in [6.07, 6.45) is 0.970. The zero-order valence-corrected chi connectivity index (χ0v) is 15.9. The Labute approximate surface area is 141 Å². The molecule has 0 bridgehead atoms. The number of benzene rings is 2. The minimum atomic E-state index is -0.655. The molecule has 0 saturated carbocycles. The van der Waals surface area contributed by atoms with Crippen LogP contribution in [-0.2, 0) is 5.41 Å². The van der Waals surface area contributed by atoms with Crippen LogP contribution in [-0.4, -0.2) is 18.4 Å². The van der Waals surface area contributed by atoms with E-state index in [1.165, 1.54) is 10.9 Å². The number of aromatic hydroxyl groups is 1. The number of rotatable bonds is 4. The molecule has 0 amide bonds. The highest BCUT2D eigenvalue weighted by molar-refractivity contribution is 7.73. The first-order valence-electron chi connectivity index (χ1n) is 8.04. The van der Waals surface area contributed by atoms with Crippen molar-refractivity contribution in [2.75, 3.05) is 13.3 Å². The molecule has 2 aromatic carbocycles. The van der Waals surface area contributed by atoms with Crippen LogP contribution < -0.4 is 15.3 Å². The van der Waals surface area contributed by atoms with Gasteiger partial charge in [-0.2, -0.15) is 0 Å². The van der Waals surface area contributed by atoms with Gasteiger partial charge in [-0.05, 0) is 43.6 Å². The number of hydrogen-bond acceptors (Lipinski definition) is 2. The highest BCUT2D eigenvalue weighted by Gasteiger charge is 2.25. The van der Waals surface area contributed by atoms with Crippen LogP contribution in [0.5, 0.6) is 11.5 Å². The second kappa shape index (κ2) is 6.93. The molecule has 124 valence electrons. The zero-order valence-electron chi connectivity index (χ0n) is 15.0. The van der Waals surface area contributed by atoms with Gasteiger partial charge in [0.25, 0.3) is 0 Å². The van der Waals surface area contributed by atoms with E-state index >= 15 is 0 Å². The van der Waals surface area contributed by atoms with Gasteiger partial charge in [-0.3, -0.25) is 0 Å². The summed E-state index contributed by atoms with van der Waals surface area (Å²) >= 11 is 0. The summed E-state index contributed by atoms with van der Waals surface area (Å²) in [6, 6.07) is 12.3. The van der Waals surface area contributed by atoms with Gasteiger partial charge in [0.2, 0.25) is 0 Å². The monoisotopic (exact) mass is 330 g/mol. The number of hydrogen-bond donors (Lipinski definition) is 1. The third-order valence-corrected chi connectivity index (χ3v) is 6.81. The Hall–Kier alpha value is -1.53. The third-order valence-electron chi connectivity index (χ3n) is 4.12. The molecule has 1 atom stereocenters. The highest BCUT2D eigenvalue weighted by atomic mass is 31.1. The smallest absolute Gasteiger partial charge is 0.127 e. The maximum Gasteiger partial charge on any atom is 0.127 e. The number of phenols is 1. The molecule has 0 aliphatic heterocycles. The van der Waals surface area contributed by atoms with Gasteiger partial charge in [0.15, 0.2) is 0 Å². The Balaban J connectivity index is 2.65. The van der Waals surface area contributed by atoms with E-state index in [9.17, 15) is 5.11 Å². The SMILES string of the molecule is CCP(c1cccc(C(C)(C)C)c1O)c1c(C)cccc1OC. The number of para-hydroxylation sites is 1. The van der Waals surface area contributed by atoms with Crippen molar-refractivity contribution in [2.24, 2.45) is 0 Å². The molecule has 0 aromatic heterocycles. The maximum absolute atomic E-state index is 10.9. The molecule has 0 aliphatic carbocycles. The van der Waals surface area contributed by atoms with E-state index in [1.54, 1.807) is 7.11 Å². The molecular weight excluding hydrogens is 303 g/mol. The first-order valence-corrected chi connectivity index (χ1v) is 9.57. The Morgan fingerprint density at radius 2 is 1.74 bits per heavy atom. The van der Waals surface area contributed by atoms with E-state index in [2.05, 4.69) is 52.8 Å². The molecule has 2 rings (SSSR count). The molecule has 2 nitrogen and oxygen atoms in total. The van der Waals surface area contributed by atoms with Crippen LogP contribution in [0.25, 0.3) is 0 Å². The van der Waals surface area contributed by atoms with Gasteiger partial charge in [-0.25, -0.2) is 0 Å². The van der Waals surface area contributed by atoms with Crippen LogP contribution in [0.3, 0.4) is 0 Å². The predicted octanol–water partition coefficient (Wildman–Crippen LogP) is 4.46. The summed E-state index contributed by atoms with van der Waals surface area (Å²) in [5.74, 6) is 1.36. The van der Waals surface area contributed by atoms with Crippen molar-refractivity contribution in [2.45, 2.75) is 40.0 Å². The number of methoxy groups -OCH3 is 1. The summed E-state index contributed by atoms with van der Waals surface area (Å²) < 4.78 is 5.60. The van der Waals surface area contributed by atoms with Gasteiger partial charge in [0.1, 0.15) is 11.5 Å². The Bertz CT molecular complexity index is 687. The van der Waals surface area contributed by atoms with Gasteiger partial charge < -0.3 is 9.84 Å². The minimum Gasteiger partial charge on any atom is -0.507 e. The van der Waals surface area contributed by atoms with E-state index < -0.39 is 7.92 Å². The topological polar surface area (TPSA) is 29.5 Å². The van der Waals surface area contributed by atoms with Gasteiger partial charge >= 0.3 is 0 Å². The van der Waals surface area contributed by atoms with E-state index in [-0.39, 0.29) is 5.41 Å². The molecule has 0 heterocycles. The van der Waals surface area contributed by atoms with Crippen LogP contribution in [0.15, 0.2) is 36.4 Å². The predicted molar refractivity (Wildman–Crippen MR) is 101 cm³/mol. The Kier molecular flexibility index (Phi) is 5.37. The molecule has 2 aromatic rings. The minimum absolute atomic E-state index is 0.0787. The van der Waals surface area contributed by atoms with E-state index in [0.717, 1.165) is 22.8 Å². The molecule has 23 heavy (non-hydrogen) atoms. The molecule has 0 radical (unpaired) electrons. The molecule has 0 saturated heterocycles. The quantitative estimate of drug-likeness (QED) is 0.839. The number of phenolic OH excluding ortho intramolecular Hbond substituents is 1. The van der Waals surface area contributed by atoms with Crippen molar-refractivity contribution < 1.29 is 9.84 Å². The maximum atomic E-state index is 10.9. The largest absolute Gasteiger partial charge is 0.507 e. The molecule has 0 fully saturated rings. The van der Waals surface area contributed by atoms with Crippen LogP contribution in [0.2, 0.25) is 0 Å². The molecule has 1 N–H and O–H groups in total. The lowest BCUT2D eigenvalue weighted by molar-refractivity contribution is 0.418. The van der Waals surface area contributed by atoms with Gasteiger partial charge in [-0.1, -0.05) is 58.0 Å². The Morgan fingerprint density at radius 1 is 1.09 bits per heavy atom. The number of ether oxygens (including phenoxy) is 1. The first-order chi connectivity index (χ1) is 10.8. The summed E-state index contributed by atoms with van der Waals surface area (Å²) in [5, 5.41) is 13.2. The summed E-state index contributed by atoms with van der Waals surface area (Å²) in [6.45, 7) is 10.7. The fraction of sp³-hybridized carbons (Fsp3) is 0.400. The zero-order chi connectivity index (χ0) is 17.2. The van der Waals surface area contributed by atoms with Gasteiger partial charge in [0, 0.05) is 10.6 Å². The summed E-state index contributed by atoms with van der Waals surface area (Å²) in [7, 11) is 1.06. The van der Waals surface area contributed by atoms with E-state index in [1.807, 2.05) is 18.2 Å². The normalized spacial score (nSPS) is 13.0. The molecular formula is C20H27O2P. The molecule has 0 spiro atoms. The van der Waals surface area contributed by atoms with Crippen molar-refractivity contribution in [3.05, 3.63) is 47.5 Å². The van der Waals surface area contributed by atoms with Crippen molar-refractivity contribution in [3.8, 4) is 11.5 Å². The average molecular weight is 330 g/mol. The lowest BCUT2D eigenvalue weighted by atomic mass is 9.86. The standard InChI is InChI=1S/C20H27O2P/c1-7-23(19-14(2)10-8-12-16(19)22-6)17-13-9-11-15(18(17)21)20(3,4)5/h8-13,21H,7H2,1-6H3. The Morgan fingerprint density at radius 3 is 2.30 bits per heavy atom. The number of aryl methyl sites for hydroxylation is 1. The third kappa shape index (κ3) is 3.53. The van der Waals surface area contributed by atoms with Crippen molar-refractivity contribution in [3.63, 3.8) is 0 Å². The van der Waals surface area contributed by atoms with Crippen LogP contribution >= 0.6 is 7.92 Å². The molecule has 3 heteroatoms. The van der Waals surface area contributed by atoms with E-state index in [0.29, 0.717) is 5.75 Å². The van der Waals surface area contributed by atoms with Crippen molar-refractivity contribution in [1.29, 1.82) is 0 Å². The molecule has 0 aliphatic rings. The second-order valence-electron chi connectivity index (χ2n) is 6.79. The average Bonchev–Trinajstić information content (AvgIpc) is 2.49. The fourth-order valence-electron chi connectivity index (χ4n) is 2.95. The van der Waals surface area contributed by atoms with Gasteiger partial charge in [0.05, 0.1) is 7.11 Å². The van der Waals surface area contributed by atoms with Crippen LogP contribution in [0.1, 0.15) is 38.8 Å². The van der Waals surface area contributed by atoms with Gasteiger partial charge in [-0.15, -0.1) is 0 Å². The first kappa shape index (κ1) is 17.8. The van der Waals surface area contributed by atoms with Crippen molar-refractivity contribution >= 4 is 18.5 Å². The lowest BCUT2D eigenvalue weighted by Gasteiger charge is -2.26. The molecule has 1 unspecified atom stereocenters. The van der Waals surface area contributed by atoms with Crippen LogP contribution in [0, 0.1) is 6.92 Å². The summed E-state index contributed by atoms with van der Waals surface area (Å²) in [5.41, 5.74) is 2.14. The fourth-order valence-corrected chi connectivity index (χ4v) is 5.42. The van der Waals surface area contributed by atoms with Crippen LogP contribution in [0.4, 0.5) is 0 Å².